The van der Waals surface area contributed by atoms with Crippen LogP contribution in [0.2, 0.25) is 0 Å². The summed E-state index contributed by atoms with van der Waals surface area (Å²) < 4.78 is 1.16. The van der Waals surface area contributed by atoms with E-state index in [-0.39, 0.29) is 0 Å². The Morgan fingerprint density at radius 1 is 1.27 bits per heavy atom. The Hall–Kier alpha value is -0.0100. The van der Waals surface area contributed by atoms with Gasteiger partial charge >= 0.3 is 0 Å². The average Bonchev–Trinajstić information content (AvgIpc) is 1.97. The van der Waals surface area contributed by atoms with Crippen LogP contribution in [-0.2, 0) is 5.88 Å². The van der Waals surface area contributed by atoms with E-state index in [1.54, 1.807) is 0 Å². The molecular formula is C9H10BrCl. The third kappa shape index (κ3) is 1.97. The van der Waals surface area contributed by atoms with Crippen LogP contribution in [0.1, 0.15) is 16.7 Å². The van der Waals surface area contributed by atoms with Crippen LogP contribution in [0.25, 0.3) is 0 Å². The molecule has 0 N–H and O–H groups in total. The van der Waals surface area contributed by atoms with Gasteiger partial charge in [0, 0.05) is 10.4 Å². The summed E-state index contributed by atoms with van der Waals surface area (Å²) in [6.45, 7) is 4.14. The van der Waals surface area contributed by atoms with E-state index < -0.39 is 0 Å². The van der Waals surface area contributed by atoms with Crippen LogP contribution in [0.3, 0.4) is 0 Å². The maximum atomic E-state index is 5.74. The van der Waals surface area contributed by atoms with Crippen molar-refractivity contribution in [2.75, 3.05) is 0 Å². The molecule has 0 aliphatic carbocycles. The average molecular weight is 234 g/mol. The second kappa shape index (κ2) is 3.59. The van der Waals surface area contributed by atoms with Crippen LogP contribution in [0, 0.1) is 13.8 Å². The highest BCUT2D eigenvalue weighted by molar-refractivity contribution is 9.10. The van der Waals surface area contributed by atoms with Gasteiger partial charge in [-0.1, -0.05) is 22.0 Å². The fraction of sp³-hybridized carbons (Fsp3) is 0.333. The third-order valence-corrected chi connectivity index (χ3v) is 2.90. The van der Waals surface area contributed by atoms with Crippen LogP contribution >= 0.6 is 27.5 Å². The smallest absolute Gasteiger partial charge is 0.0476 e. The molecule has 0 radical (unpaired) electrons. The minimum absolute atomic E-state index is 0.597. The minimum Gasteiger partial charge on any atom is -0.122 e. The molecule has 0 heterocycles. The van der Waals surface area contributed by atoms with Crippen molar-refractivity contribution in [3.63, 3.8) is 0 Å². The van der Waals surface area contributed by atoms with Crippen LogP contribution in [0.5, 0.6) is 0 Å². The Morgan fingerprint density at radius 2 is 1.91 bits per heavy atom. The zero-order chi connectivity index (χ0) is 8.43. The van der Waals surface area contributed by atoms with Gasteiger partial charge in [-0.3, -0.25) is 0 Å². The number of benzene rings is 1. The second-order valence-corrected chi connectivity index (χ2v) is 3.78. The van der Waals surface area contributed by atoms with E-state index in [0.717, 1.165) is 4.47 Å². The summed E-state index contributed by atoms with van der Waals surface area (Å²) in [5, 5.41) is 0. The molecule has 0 aliphatic heterocycles. The Morgan fingerprint density at radius 3 is 2.45 bits per heavy atom. The molecule has 60 valence electrons. The Balaban J connectivity index is 3.21. The number of hydrogen-bond donors (Lipinski definition) is 0. The molecular weight excluding hydrogens is 223 g/mol. The van der Waals surface area contributed by atoms with Crippen LogP contribution < -0.4 is 0 Å². The van der Waals surface area contributed by atoms with Gasteiger partial charge in [0.25, 0.3) is 0 Å². The lowest BCUT2D eigenvalue weighted by Gasteiger charge is -2.04. The van der Waals surface area contributed by atoms with Crippen molar-refractivity contribution in [1.82, 2.24) is 0 Å². The lowest BCUT2D eigenvalue weighted by molar-refractivity contribution is 1.25. The Bertz CT molecular complexity index is 269. The van der Waals surface area contributed by atoms with Crippen molar-refractivity contribution in [3.8, 4) is 0 Å². The second-order valence-electron chi connectivity index (χ2n) is 2.66. The molecule has 1 aromatic carbocycles. The summed E-state index contributed by atoms with van der Waals surface area (Å²) in [6, 6.07) is 4.22. The van der Waals surface area contributed by atoms with Crippen molar-refractivity contribution >= 4 is 27.5 Å². The molecule has 0 amide bonds. The molecule has 1 aromatic rings. The first-order valence-electron chi connectivity index (χ1n) is 3.46. The molecule has 0 aliphatic rings. The summed E-state index contributed by atoms with van der Waals surface area (Å²) in [7, 11) is 0. The zero-order valence-electron chi connectivity index (χ0n) is 6.62. The van der Waals surface area contributed by atoms with Crippen molar-refractivity contribution in [2.24, 2.45) is 0 Å². The van der Waals surface area contributed by atoms with E-state index in [9.17, 15) is 0 Å². The van der Waals surface area contributed by atoms with E-state index in [1.165, 1.54) is 16.7 Å². The van der Waals surface area contributed by atoms with Crippen LogP contribution in [-0.4, -0.2) is 0 Å². The van der Waals surface area contributed by atoms with Crippen LogP contribution in [0.15, 0.2) is 16.6 Å². The molecule has 0 unspecified atom stereocenters. The van der Waals surface area contributed by atoms with Crippen molar-refractivity contribution in [1.29, 1.82) is 0 Å². The van der Waals surface area contributed by atoms with Gasteiger partial charge in [-0.05, 0) is 36.6 Å². The number of hydrogen-bond acceptors (Lipinski definition) is 0. The summed E-state index contributed by atoms with van der Waals surface area (Å²) in [5.41, 5.74) is 3.70. The predicted molar refractivity (Wildman–Crippen MR) is 53.2 cm³/mol. The summed E-state index contributed by atoms with van der Waals surface area (Å²) in [4.78, 5) is 0. The largest absolute Gasteiger partial charge is 0.122 e. The van der Waals surface area contributed by atoms with Gasteiger partial charge in [0.05, 0.1) is 0 Å². The fourth-order valence-corrected chi connectivity index (χ4v) is 1.73. The maximum absolute atomic E-state index is 5.74. The molecule has 0 atom stereocenters. The highest BCUT2D eigenvalue weighted by Crippen LogP contribution is 2.21. The van der Waals surface area contributed by atoms with Gasteiger partial charge in [-0.2, -0.15) is 0 Å². The third-order valence-electron chi connectivity index (χ3n) is 1.76. The number of alkyl halides is 1. The normalized spacial score (nSPS) is 10.2. The molecule has 0 saturated carbocycles. The number of rotatable bonds is 1. The van der Waals surface area contributed by atoms with Gasteiger partial charge < -0.3 is 0 Å². The highest BCUT2D eigenvalue weighted by Gasteiger charge is 2.00. The first-order chi connectivity index (χ1) is 5.15. The monoisotopic (exact) mass is 232 g/mol. The van der Waals surface area contributed by atoms with Gasteiger partial charge in [0.2, 0.25) is 0 Å². The quantitative estimate of drug-likeness (QED) is 0.647. The lowest BCUT2D eigenvalue weighted by Crippen LogP contribution is -1.87. The van der Waals surface area contributed by atoms with Gasteiger partial charge in [0.15, 0.2) is 0 Å². The topological polar surface area (TPSA) is 0 Å². The first kappa shape index (κ1) is 9.08. The molecule has 0 saturated heterocycles. The van der Waals surface area contributed by atoms with Gasteiger partial charge in [-0.25, -0.2) is 0 Å². The van der Waals surface area contributed by atoms with Crippen molar-refractivity contribution in [3.05, 3.63) is 33.3 Å². The molecule has 0 bridgehead atoms. The zero-order valence-corrected chi connectivity index (χ0v) is 8.96. The molecule has 2 heteroatoms. The van der Waals surface area contributed by atoms with E-state index in [1.807, 2.05) is 0 Å². The Labute approximate surface area is 80.7 Å². The van der Waals surface area contributed by atoms with E-state index in [4.69, 9.17) is 11.6 Å². The maximum Gasteiger partial charge on any atom is 0.0476 e. The number of aryl methyl sites for hydroxylation is 2. The van der Waals surface area contributed by atoms with Gasteiger partial charge in [-0.15, -0.1) is 11.6 Å². The first-order valence-corrected chi connectivity index (χ1v) is 4.79. The van der Waals surface area contributed by atoms with Crippen molar-refractivity contribution in [2.45, 2.75) is 19.7 Å². The number of halogens is 2. The fourth-order valence-electron chi connectivity index (χ4n) is 0.985. The van der Waals surface area contributed by atoms with Gasteiger partial charge in [0.1, 0.15) is 0 Å². The van der Waals surface area contributed by atoms with Crippen molar-refractivity contribution < 1.29 is 0 Å². The standard InChI is InChI=1S/C9H10BrCl/c1-6-4-9(10)7(2)3-8(6)5-11/h3-4H,5H2,1-2H3. The molecule has 11 heavy (non-hydrogen) atoms. The molecule has 0 nitrogen and oxygen atoms in total. The predicted octanol–water partition coefficient (Wildman–Crippen LogP) is 3.80. The van der Waals surface area contributed by atoms with Crippen LogP contribution in [0.4, 0.5) is 0 Å². The van der Waals surface area contributed by atoms with E-state index in [0.29, 0.717) is 5.88 Å². The molecule has 1 rings (SSSR count). The SMILES string of the molecule is Cc1cc(CCl)c(C)cc1Br. The summed E-state index contributed by atoms with van der Waals surface area (Å²) in [5.74, 6) is 0.597. The molecule has 0 spiro atoms. The van der Waals surface area contributed by atoms with E-state index in [2.05, 4.69) is 41.9 Å². The lowest BCUT2D eigenvalue weighted by atomic mass is 10.1. The highest BCUT2D eigenvalue weighted by atomic mass is 79.9. The minimum atomic E-state index is 0.597. The Kier molecular flexibility index (Phi) is 2.97. The molecule has 0 aromatic heterocycles. The summed E-state index contributed by atoms with van der Waals surface area (Å²) >= 11 is 9.21. The molecule has 0 fully saturated rings. The summed E-state index contributed by atoms with van der Waals surface area (Å²) in [6.07, 6.45) is 0. The van der Waals surface area contributed by atoms with E-state index >= 15 is 0 Å².